The van der Waals surface area contributed by atoms with Crippen molar-refractivity contribution < 1.29 is 13.9 Å². The first-order chi connectivity index (χ1) is 7.61. The molecule has 0 amide bonds. The third-order valence-corrected chi connectivity index (χ3v) is 2.31. The molecule has 16 heavy (non-hydrogen) atoms. The quantitative estimate of drug-likeness (QED) is 0.811. The monoisotopic (exact) mass is 289 g/mol. The molecule has 0 saturated heterocycles. The molecule has 2 N–H and O–H groups in total. The van der Waals surface area contributed by atoms with Gasteiger partial charge in [-0.1, -0.05) is 15.9 Å². The number of nitrogens with two attached hydrogens (primary N) is 1. The van der Waals surface area contributed by atoms with E-state index in [1.54, 1.807) is 6.07 Å². The zero-order chi connectivity index (χ0) is 12.0. The fourth-order valence-electron chi connectivity index (χ4n) is 1.26. The van der Waals surface area contributed by atoms with E-state index in [9.17, 15) is 9.18 Å². The van der Waals surface area contributed by atoms with Crippen LogP contribution in [-0.2, 0) is 16.0 Å². The minimum absolute atomic E-state index is 0.0192. The fraction of sp³-hybridized carbons (Fsp3) is 0.364. The van der Waals surface area contributed by atoms with Crippen LogP contribution >= 0.6 is 15.9 Å². The number of rotatable bonds is 6. The molecule has 0 aliphatic carbocycles. The molecule has 0 unspecified atom stereocenters. The molecule has 1 aromatic rings. The average Bonchev–Trinajstić information content (AvgIpc) is 2.16. The number of ketones is 1. The molecule has 1 rings (SSSR count). The first kappa shape index (κ1) is 13.3. The Labute approximate surface area is 102 Å². The minimum Gasteiger partial charge on any atom is -0.372 e. The maximum absolute atomic E-state index is 13.0. The van der Waals surface area contributed by atoms with Gasteiger partial charge in [-0.2, -0.15) is 0 Å². The van der Waals surface area contributed by atoms with Crippen molar-refractivity contribution in [2.45, 2.75) is 6.42 Å². The Kier molecular flexibility index (Phi) is 5.59. The number of benzene rings is 1. The Balaban J connectivity index is 2.49. The topological polar surface area (TPSA) is 52.3 Å². The van der Waals surface area contributed by atoms with Crippen LogP contribution in [0.1, 0.15) is 5.56 Å². The van der Waals surface area contributed by atoms with Crippen LogP contribution in [0.5, 0.6) is 0 Å². The van der Waals surface area contributed by atoms with Crippen LogP contribution in [0.15, 0.2) is 22.7 Å². The zero-order valence-electron chi connectivity index (χ0n) is 8.71. The van der Waals surface area contributed by atoms with Gasteiger partial charge in [0, 0.05) is 17.4 Å². The molecule has 0 spiro atoms. The molecule has 0 fully saturated rings. The van der Waals surface area contributed by atoms with Gasteiger partial charge in [-0.05, 0) is 23.8 Å². The molecule has 0 bridgehead atoms. The molecule has 0 radical (unpaired) electrons. The summed E-state index contributed by atoms with van der Waals surface area (Å²) in [5.74, 6) is -0.453. The minimum atomic E-state index is -0.361. The first-order valence-corrected chi connectivity index (χ1v) is 5.65. The van der Waals surface area contributed by atoms with Crippen molar-refractivity contribution in [2.75, 3.05) is 19.8 Å². The van der Waals surface area contributed by atoms with Crippen molar-refractivity contribution in [3.8, 4) is 0 Å². The van der Waals surface area contributed by atoms with Gasteiger partial charge in [0.2, 0.25) is 0 Å². The zero-order valence-corrected chi connectivity index (χ0v) is 10.3. The number of ether oxygens (including phenoxy) is 1. The third kappa shape index (κ3) is 4.83. The number of Topliss-reactive ketones (excluding diaryl/α,β-unsaturated/α-hetero) is 1. The van der Waals surface area contributed by atoms with Gasteiger partial charge in [0.15, 0.2) is 5.78 Å². The van der Waals surface area contributed by atoms with Gasteiger partial charge in [0.05, 0.1) is 6.61 Å². The van der Waals surface area contributed by atoms with E-state index in [0.29, 0.717) is 23.2 Å². The van der Waals surface area contributed by atoms with E-state index in [1.807, 2.05) is 0 Å². The molecule has 5 heteroatoms. The van der Waals surface area contributed by atoms with Crippen molar-refractivity contribution in [1.82, 2.24) is 0 Å². The molecular formula is C11H13BrFNO2. The molecule has 0 heterocycles. The normalized spacial score (nSPS) is 10.4. The lowest BCUT2D eigenvalue weighted by atomic mass is 10.1. The van der Waals surface area contributed by atoms with Crippen molar-refractivity contribution in [2.24, 2.45) is 5.73 Å². The highest BCUT2D eigenvalue weighted by Crippen LogP contribution is 2.15. The van der Waals surface area contributed by atoms with E-state index in [2.05, 4.69) is 15.9 Å². The van der Waals surface area contributed by atoms with Crippen molar-refractivity contribution in [3.63, 3.8) is 0 Å². The lowest BCUT2D eigenvalue weighted by Gasteiger charge is -2.03. The molecule has 0 aliphatic rings. The third-order valence-electron chi connectivity index (χ3n) is 1.85. The van der Waals surface area contributed by atoms with Gasteiger partial charge in [-0.15, -0.1) is 0 Å². The Morgan fingerprint density at radius 2 is 2.19 bits per heavy atom. The number of carbonyl (C=O) groups is 1. The molecule has 0 atom stereocenters. The predicted octanol–water partition coefficient (Wildman–Crippen LogP) is 1.68. The van der Waals surface area contributed by atoms with Crippen LogP contribution in [0.25, 0.3) is 0 Å². The van der Waals surface area contributed by atoms with E-state index >= 15 is 0 Å². The maximum Gasteiger partial charge on any atom is 0.162 e. The van der Waals surface area contributed by atoms with Gasteiger partial charge < -0.3 is 10.5 Å². The van der Waals surface area contributed by atoms with Crippen LogP contribution in [-0.4, -0.2) is 25.5 Å². The Bertz CT molecular complexity index is 351. The molecule has 88 valence electrons. The summed E-state index contributed by atoms with van der Waals surface area (Å²) in [6, 6.07) is 4.40. The second-order valence-electron chi connectivity index (χ2n) is 3.33. The molecule has 0 aromatic heterocycles. The van der Waals surface area contributed by atoms with Gasteiger partial charge in [0.1, 0.15) is 12.4 Å². The predicted molar refractivity (Wildman–Crippen MR) is 62.7 cm³/mol. The Morgan fingerprint density at radius 3 is 2.81 bits per heavy atom. The van der Waals surface area contributed by atoms with Crippen molar-refractivity contribution in [1.29, 1.82) is 0 Å². The molecule has 3 nitrogen and oxygen atoms in total. The largest absolute Gasteiger partial charge is 0.372 e. The summed E-state index contributed by atoms with van der Waals surface area (Å²) in [5.41, 5.74) is 5.85. The van der Waals surface area contributed by atoms with Crippen LogP contribution in [0.4, 0.5) is 4.39 Å². The number of hydrogen-bond acceptors (Lipinski definition) is 3. The summed E-state index contributed by atoms with van der Waals surface area (Å²) < 4.78 is 18.6. The van der Waals surface area contributed by atoms with Gasteiger partial charge in [0.25, 0.3) is 0 Å². The number of hydrogen-bond donors (Lipinski definition) is 1. The van der Waals surface area contributed by atoms with E-state index in [1.165, 1.54) is 12.1 Å². The highest BCUT2D eigenvalue weighted by atomic mass is 79.9. The molecule has 0 saturated carbocycles. The second kappa shape index (κ2) is 6.73. The molecular weight excluding hydrogens is 277 g/mol. The van der Waals surface area contributed by atoms with Crippen LogP contribution in [0.3, 0.4) is 0 Å². The lowest BCUT2D eigenvalue weighted by Crippen LogP contribution is -2.16. The number of halogens is 2. The van der Waals surface area contributed by atoms with Gasteiger partial charge in [-0.3, -0.25) is 4.79 Å². The van der Waals surface area contributed by atoms with E-state index in [0.717, 1.165) is 0 Å². The van der Waals surface area contributed by atoms with Crippen molar-refractivity contribution in [3.05, 3.63) is 34.1 Å². The lowest BCUT2D eigenvalue weighted by molar-refractivity contribution is -0.122. The van der Waals surface area contributed by atoms with Crippen LogP contribution in [0, 0.1) is 5.82 Å². The van der Waals surface area contributed by atoms with E-state index < -0.39 is 0 Å². The van der Waals surface area contributed by atoms with E-state index in [-0.39, 0.29) is 24.6 Å². The molecule has 1 aromatic carbocycles. The summed E-state index contributed by atoms with van der Waals surface area (Å²) in [6.45, 7) is 0.767. The summed E-state index contributed by atoms with van der Waals surface area (Å²) in [7, 11) is 0. The Hall–Kier alpha value is -0.780. The highest BCUT2D eigenvalue weighted by molar-refractivity contribution is 9.10. The summed E-state index contributed by atoms with van der Waals surface area (Å²) in [5, 5.41) is 0. The van der Waals surface area contributed by atoms with Crippen molar-refractivity contribution >= 4 is 21.7 Å². The first-order valence-electron chi connectivity index (χ1n) is 4.86. The second-order valence-corrected chi connectivity index (χ2v) is 4.25. The molecule has 0 aliphatic heterocycles. The summed E-state index contributed by atoms with van der Waals surface area (Å²) in [4.78, 5) is 11.4. The maximum atomic E-state index is 13.0. The SMILES string of the molecule is NCCOCC(=O)Cc1cc(F)cc(Br)c1. The average molecular weight is 290 g/mol. The standard InChI is InChI=1S/C11H13BrFNO2/c12-9-3-8(4-10(13)6-9)5-11(15)7-16-2-1-14/h3-4,6H,1-2,5,7,14H2. The summed E-state index contributed by atoms with van der Waals surface area (Å²) in [6.07, 6.45) is 0.168. The van der Waals surface area contributed by atoms with Crippen LogP contribution < -0.4 is 5.73 Å². The number of carbonyl (C=O) groups excluding carboxylic acids is 1. The van der Waals surface area contributed by atoms with Gasteiger partial charge in [-0.25, -0.2) is 4.39 Å². The van der Waals surface area contributed by atoms with Gasteiger partial charge >= 0.3 is 0 Å². The highest BCUT2D eigenvalue weighted by Gasteiger charge is 2.06. The smallest absolute Gasteiger partial charge is 0.162 e. The van der Waals surface area contributed by atoms with Crippen LogP contribution in [0.2, 0.25) is 0 Å². The Morgan fingerprint density at radius 1 is 1.44 bits per heavy atom. The fourth-order valence-corrected chi connectivity index (χ4v) is 1.77. The van der Waals surface area contributed by atoms with E-state index in [4.69, 9.17) is 10.5 Å². The summed E-state index contributed by atoms with van der Waals surface area (Å²) >= 11 is 3.17.